The molecule has 2 aromatic carbocycles. The number of halogens is 2. The lowest BCUT2D eigenvalue weighted by Crippen LogP contribution is -2.13. The maximum absolute atomic E-state index is 12.8. The number of aromatic carboxylic acids is 1. The van der Waals surface area contributed by atoms with Crippen molar-refractivity contribution in [2.45, 2.75) is 4.90 Å². The van der Waals surface area contributed by atoms with Crippen molar-refractivity contribution in [3.63, 3.8) is 0 Å². The Kier molecular flexibility index (Phi) is 4.29. The first kappa shape index (κ1) is 15.5. The maximum atomic E-state index is 12.8. The normalized spacial score (nSPS) is 11.1. The highest BCUT2D eigenvalue weighted by Gasteiger charge is 2.15. The van der Waals surface area contributed by atoms with E-state index < -0.39 is 21.8 Å². The number of benzene rings is 2. The van der Waals surface area contributed by atoms with Gasteiger partial charge in [0.1, 0.15) is 5.82 Å². The number of rotatable bonds is 4. The summed E-state index contributed by atoms with van der Waals surface area (Å²) in [6.07, 6.45) is 0. The first-order valence-electron chi connectivity index (χ1n) is 5.60. The summed E-state index contributed by atoms with van der Waals surface area (Å²) in [4.78, 5) is 10.8. The van der Waals surface area contributed by atoms with E-state index in [2.05, 4.69) is 20.7 Å². The van der Waals surface area contributed by atoms with Gasteiger partial charge in [0.25, 0.3) is 10.0 Å². The SMILES string of the molecule is O=C(O)c1cc(Br)cc(NS(=O)(=O)c2ccc(F)cc2)c1. The molecule has 2 rings (SSSR count). The summed E-state index contributed by atoms with van der Waals surface area (Å²) in [6, 6.07) is 8.25. The lowest BCUT2D eigenvalue weighted by molar-refractivity contribution is 0.0697. The molecule has 0 atom stereocenters. The number of carboxylic acid groups (broad SMARTS) is 1. The third kappa shape index (κ3) is 3.79. The molecule has 8 heteroatoms. The van der Waals surface area contributed by atoms with Crippen molar-refractivity contribution in [1.29, 1.82) is 0 Å². The van der Waals surface area contributed by atoms with Crippen LogP contribution in [0.3, 0.4) is 0 Å². The Labute approximate surface area is 128 Å². The van der Waals surface area contributed by atoms with Gasteiger partial charge in [0.2, 0.25) is 0 Å². The molecule has 110 valence electrons. The van der Waals surface area contributed by atoms with E-state index in [0.29, 0.717) is 4.47 Å². The molecule has 0 heterocycles. The van der Waals surface area contributed by atoms with Crippen LogP contribution in [-0.2, 0) is 10.0 Å². The molecule has 0 amide bonds. The molecule has 2 N–H and O–H groups in total. The number of hydrogen-bond acceptors (Lipinski definition) is 3. The summed E-state index contributed by atoms with van der Waals surface area (Å²) in [5, 5.41) is 8.94. The molecule has 0 aliphatic rings. The van der Waals surface area contributed by atoms with Gasteiger partial charge in [-0.2, -0.15) is 0 Å². The van der Waals surface area contributed by atoms with E-state index in [1.54, 1.807) is 0 Å². The lowest BCUT2D eigenvalue weighted by Gasteiger charge is -2.09. The zero-order chi connectivity index (χ0) is 15.6. The van der Waals surface area contributed by atoms with Crippen molar-refractivity contribution in [2.24, 2.45) is 0 Å². The van der Waals surface area contributed by atoms with Gasteiger partial charge in [-0.05, 0) is 42.5 Å². The van der Waals surface area contributed by atoms with E-state index in [4.69, 9.17) is 5.11 Å². The summed E-state index contributed by atoms with van der Waals surface area (Å²) in [6.45, 7) is 0. The predicted molar refractivity (Wildman–Crippen MR) is 78.3 cm³/mol. The minimum atomic E-state index is -3.92. The quantitative estimate of drug-likeness (QED) is 0.862. The van der Waals surface area contributed by atoms with Crippen molar-refractivity contribution < 1.29 is 22.7 Å². The van der Waals surface area contributed by atoms with Crippen LogP contribution in [0.4, 0.5) is 10.1 Å². The van der Waals surface area contributed by atoms with Crippen molar-refractivity contribution in [3.8, 4) is 0 Å². The van der Waals surface area contributed by atoms with E-state index in [1.807, 2.05) is 0 Å². The Hall–Kier alpha value is -1.93. The Morgan fingerprint density at radius 1 is 1.14 bits per heavy atom. The standard InChI is InChI=1S/C13H9BrFNO4S/c14-9-5-8(13(17)18)6-11(7-9)16-21(19,20)12-3-1-10(15)2-4-12/h1-7,16H,(H,17,18). The molecule has 21 heavy (non-hydrogen) atoms. The van der Waals surface area contributed by atoms with E-state index >= 15 is 0 Å². The number of sulfonamides is 1. The first-order chi connectivity index (χ1) is 9.78. The van der Waals surface area contributed by atoms with Crippen LogP contribution in [0.15, 0.2) is 51.8 Å². The van der Waals surface area contributed by atoms with E-state index in [0.717, 1.165) is 24.3 Å². The summed E-state index contributed by atoms with van der Waals surface area (Å²) in [5.41, 5.74) is 0.0206. The highest BCUT2D eigenvalue weighted by atomic mass is 79.9. The smallest absolute Gasteiger partial charge is 0.335 e. The van der Waals surface area contributed by atoms with Gasteiger partial charge in [-0.25, -0.2) is 17.6 Å². The molecule has 0 saturated heterocycles. The van der Waals surface area contributed by atoms with Crippen LogP contribution in [0.1, 0.15) is 10.4 Å². The Morgan fingerprint density at radius 2 is 1.76 bits per heavy atom. The molecule has 0 saturated carbocycles. The van der Waals surface area contributed by atoms with Crippen LogP contribution in [0.5, 0.6) is 0 Å². The Bertz CT molecular complexity index is 790. The van der Waals surface area contributed by atoms with Gasteiger partial charge in [-0.3, -0.25) is 4.72 Å². The zero-order valence-corrected chi connectivity index (χ0v) is 12.8. The average molecular weight is 374 g/mol. The van der Waals surface area contributed by atoms with Crippen molar-refractivity contribution in [2.75, 3.05) is 4.72 Å². The van der Waals surface area contributed by atoms with Crippen LogP contribution >= 0.6 is 15.9 Å². The molecule has 0 aromatic heterocycles. The first-order valence-corrected chi connectivity index (χ1v) is 7.88. The molecule has 0 fully saturated rings. The molecule has 0 bridgehead atoms. The number of carboxylic acids is 1. The number of carbonyl (C=O) groups is 1. The molecular weight excluding hydrogens is 365 g/mol. The number of nitrogens with one attached hydrogen (secondary N) is 1. The van der Waals surface area contributed by atoms with E-state index in [1.165, 1.54) is 18.2 Å². The molecular formula is C13H9BrFNO4S. The fraction of sp³-hybridized carbons (Fsp3) is 0. The number of anilines is 1. The fourth-order valence-electron chi connectivity index (χ4n) is 1.60. The second-order valence-electron chi connectivity index (χ2n) is 4.09. The molecule has 0 radical (unpaired) electrons. The maximum Gasteiger partial charge on any atom is 0.335 e. The minimum absolute atomic E-state index is 0.0684. The van der Waals surface area contributed by atoms with Gasteiger partial charge in [-0.15, -0.1) is 0 Å². The molecule has 0 unspecified atom stereocenters. The predicted octanol–water partition coefficient (Wildman–Crippen LogP) is 3.09. The van der Waals surface area contributed by atoms with Crippen LogP contribution in [0.25, 0.3) is 0 Å². The van der Waals surface area contributed by atoms with Crippen molar-refractivity contribution >= 4 is 37.6 Å². The second kappa shape index (κ2) is 5.82. The molecule has 0 aliphatic carbocycles. The topological polar surface area (TPSA) is 83.5 Å². The lowest BCUT2D eigenvalue weighted by atomic mass is 10.2. The number of hydrogen-bond donors (Lipinski definition) is 2. The highest BCUT2D eigenvalue weighted by molar-refractivity contribution is 9.10. The average Bonchev–Trinajstić information content (AvgIpc) is 2.37. The zero-order valence-electron chi connectivity index (χ0n) is 10.4. The van der Waals surface area contributed by atoms with E-state index in [9.17, 15) is 17.6 Å². The molecule has 2 aromatic rings. The monoisotopic (exact) mass is 373 g/mol. The largest absolute Gasteiger partial charge is 0.478 e. The van der Waals surface area contributed by atoms with Gasteiger partial charge >= 0.3 is 5.97 Å². The summed E-state index contributed by atoms with van der Waals surface area (Å²) in [5.74, 6) is -1.73. The fourth-order valence-corrected chi connectivity index (χ4v) is 3.13. The Balaban J connectivity index is 2.36. The van der Waals surface area contributed by atoms with Crippen LogP contribution in [-0.4, -0.2) is 19.5 Å². The third-order valence-corrected chi connectivity index (χ3v) is 4.38. The summed E-state index contributed by atoms with van der Waals surface area (Å²) < 4.78 is 39.7. The van der Waals surface area contributed by atoms with E-state index in [-0.39, 0.29) is 16.1 Å². The molecule has 5 nitrogen and oxygen atoms in total. The van der Waals surface area contributed by atoms with Gasteiger partial charge < -0.3 is 5.11 Å². The van der Waals surface area contributed by atoms with Gasteiger partial charge in [0.05, 0.1) is 16.1 Å². The Morgan fingerprint density at radius 3 is 2.33 bits per heavy atom. The van der Waals surface area contributed by atoms with Crippen LogP contribution < -0.4 is 4.72 Å². The summed E-state index contributed by atoms with van der Waals surface area (Å²) in [7, 11) is -3.92. The minimum Gasteiger partial charge on any atom is -0.478 e. The van der Waals surface area contributed by atoms with Gasteiger partial charge in [-0.1, -0.05) is 15.9 Å². The summed E-state index contributed by atoms with van der Waals surface area (Å²) >= 11 is 3.11. The van der Waals surface area contributed by atoms with Crippen molar-refractivity contribution in [3.05, 3.63) is 58.3 Å². The highest BCUT2D eigenvalue weighted by Crippen LogP contribution is 2.22. The van der Waals surface area contributed by atoms with Crippen molar-refractivity contribution in [1.82, 2.24) is 0 Å². The molecule has 0 spiro atoms. The van der Waals surface area contributed by atoms with Gasteiger partial charge in [0.15, 0.2) is 0 Å². The second-order valence-corrected chi connectivity index (χ2v) is 6.69. The van der Waals surface area contributed by atoms with Crippen LogP contribution in [0.2, 0.25) is 0 Å². The van der Waals surface area contributed by atoms with Gasteiger partial charge in [0, 0.05) is 4.47 Å². The third-order valence-electron chi connectivity index (χ3n) is 2.52. The van der Waals surface area contributed by atoms with Crippen LogP contribution in [0, 0.1) is 5.82 Å². The molecule has 0 aliphatic heterocycles.